The number of rotatable bonds is 4. The number of anilines is 2. The van der Waals surface area contributed by atoms with Crippen LogP contribution in [0.4, 0.5) is 11.6 Å². The molecule has 3 aromatic rings. The molecule has 1 fully saturated rings. The third kappa shape index (κ3) is 4.17. The van der Waals surface area contributed by atoms with Crippen molar-refractivity contribution in [2.24, 2.45) is 0 Å². The summed E-state index contributed by atoms with van der Waals surface area (Å²) in [4.78, 5) is 23.7. The standard InChI is InChI=1S/C24H24N4O3/c29-23(18-5-1-6-19(15-18)27-24-25-10-3-11-26-24)28-12-2-7-20(28)17-8-9-21-22(16-17)31-14-4-13-30-21/h1,3,5-6,8-11,15-16,20H,2,4,7,12-14H2,(H,25,26,27). The van der Waals surface area contributed by atoms with Gasteiger partial charge in [-0.15, -0.1) is 0 Å². The molecule has 1 saturated heterocycles. The second-order valence-corrected chi connectivity index (χ2v) is 7.69. The third-order valence-corrected chi connectivity index (χ3v) is 5.60. The van der Waals surface area contributed by atoms with Crippen molar-refractivity contribution in [1.29, 1.82) is 0 Å². The number of aromatic nitrogens is 2. The number of nitrogens with zero attached hydrogens (tertiary/aromatic N) is 3. The Morgan fingerprint density at radius 3 is 2.68 bits per heavy atom. The van der Waals surface area contributed by atoms with Crippen molar-refractivity contribution < 1.29 is 14.3 Å². The Labute approximate surface area is 181 Å². The molecule has 7 nitrogen and oxygen atoms in total. The van der Waals surface area contributed by atoms with E-state index in [0.717, 1.165) is 48.6 Å². The number of carbonyl (C=O) groups is 1. The Balaban J connectivity index is 1.37. The first-order valence-corrected chi connectivity index (χ1v) is 10.6. The molecule has 0 aliphatic carbocycles. The molecule has 1 N–H and O–H groups in total. The SMILES string of the molecule is O=C(c1cccc(Nc2ncccn2)c1)N1CCCC1c1ccc2c(c1)OCCCO2. The second-order valence-electron chi connectivity index (χ2n) is 7.69. The summed E-state index contributed by atoms with van der Waals surface area (Å²) in [6.07, 6.45) is 6.13. The average molecular weight is 416 g/mol. The Morgan fingerprint density at radius 1 is 0.968 bits per heavy atom. The topological polar surface area (TPSA) is 76.6 Å². The highest BCUT2D eigenvalue weighted by Gasteiger charge is 2.31. The molecule has 1 unspecified atom stereocenters. The van der Waals surface area contributed by atoms with Crippen molar-refractivity contribution in [3.05, 3.63) is 72.1 Å². The van der Waals surface area contributed by atoms with Gasteiger partial charge >= 0.3 is 0 Å². The smallest absolute Gasteiger partial charge is 0.254 e. The lowest BCUT2D eigenvalue weighted by Gasteiger charge is -2.26. The molecular weight excluding hydrogens is 392 g/mol. The second kappa shape index (κ2) is 8.63. The summed E-state index contributed by atoms with van der Waals surface area (Å²) >= 11 is 0. The summed E-state index contributed by atoms with van der Waals surface area (Å²) in [5, 5.41) is 3.15. The lowest BCUT2D eigenvalue weighted by molar-refractivity contribution is 0.0735. The molecule has 3 heterocycles. The van der Waals surface area contributed by atoms with E-state index < -0.39 is 0 Å². The van der Waals surface area contributed by atoms with Gasteiger partial charge in [-0.05, 0) is 54.8 Å². The molecule has 0 bridgehead atoms. The van der Waals surface area contributed by atoms with Crippen molar-refractivity contribution >= 4 is 17.5 Å². The number of amides is 1. The Hall–Kier alpha value is -3.61. The van der Waals surface area contributed by atoms with Crippen molar-refractivity contribution in [2.75, 3.05) is 25.1 Å². The molecule has 1 atom stereocenters. The normalized spacial score (nSPS) is 17.8. The van der Waals surface area contributed by atoms with Gasteiger partial charge in [-0.25, -0.2) is 9.97 Å². The molecule has 0 spiro atoms. The highest BCUT2D eigenvalue weighted by Crippen LogP contribution is 2.38. The number of hydrogen-bond acceptors (Lipinski definition) is 6. The highest BCUT2D eigenvalue weighted by atomic mass is 16.5. The van der Waals surface area contributed by atoms with Gasteiger partial charge in [0.05, 0.1) is 19.3 Å². The highest BCUT2D eigenvalue weighted by molar-refractivity contribution is 5.95. The first-order chi connectivity index (χ1) is 15.3. The number of benzene rings is 2. The maximum atomic E-state index is 13.4. The average Bonchev–Trinajstić information content (AvgIpc) is 3.18. The van der Waals surface area contributed by atoms with Crippen LogP contribution in [0, 0.1) is 0 Å². The van der Waals surface area contributed by atoms with Crippen molar-refractivity contribution in [1.82, 2.24) is 14.9 Å². The summed E-state index contributed by atoms with van der Waals surface area (Å²) in [7, 11) is 0. The van der Waals surface area contributed by atoms with Gasteiger partial charge in [-0.1, -0.05) is 12.1 Å². The van der Waals surface area contributed by atoms with Gasteiger partial charge in [0.15, 0.2) is 11.5 Å². The number of carbonyl (C=O) groups excluding carboxylic acids is 1. The molecule has 2 aliphatic heterocycles. The minimum absolute atomic E-state index is 0.0206. The van der Waals surface area contributed by atoms with Crippen molar-refractivity contribution in [3.8, 4) is 11.5 Å². The molecule has 0 saturated carbocycles. The number of hydrogen-bond donors (Lipinski definition) is 1. The van der Waals surface area contributed by atoms with Crippen LogP contribution in [-0.4, -0.2) is 40.5 Å². The minimum atomic E-state index is 0.0206. The zero-order chi connectivity index (χ0) is 21.0. The Bertz CT molecular complexity index is 1070. The van der Waals surface area contributed by atoms with Crippen LogP contribution in [0.3, 0.4) is 0 Å². The van der Waals surface area contributed by atoms with E-state index >= 15 is 0 Å². The fourth-order valence-corrected chi connectivity index (χ4v) is 4.13. The number of fused-ring (bicyclic) bond motifs is 1. The van der Waals surface area contributed by atoms with Gasteiger partial charge < -0.3 is 19.7 Å². The van der Waals surface area contributed by atoms with E-state index in [4.69, 9.17) is 9.47 Å². The van der Waals surface area contributed by atoms with Crippen LogP contribution in [0.2, 0.25) is 0 Å². The van der Waals surface area contributed by atoms with E-state index in [0.29, 0.717) is 24.7 Å². The molecule has 7 heteroatoms. The largest absolute Gasteiger partial charge is 0.490 e. The van der Waals surface area contributed by atoms with Crippen molar-refractivity contribution in [3.63, 3.8) is 0 Å². The van der Waals surface area contributed by atoms with E-state index in [-0.39, 0.29) is 11.9 Å². The van der Waals surface area contributed by atoms with E-state index in [1.807, 2.05) is 41.3 Å². The maximum absolute atomic E-state index is 13.4. The fourth-order valence-electron chi connectivity index (χ4n) is 4.13. The monoisotopic (exact) mass is 416 g/mol. The first-order valence-electron chi connectivity index (χ1n) is 10.6. The van der Waals surface area contributed by atoms with Gasteiger partial charge in [-0.3, -0.25) is 4.79 Å². The summed E-state index contributed by atoms with van der Waals surface area (Å²) in [6.45, 7) is 2.05. The third-order valence-electron chi connectivity index (χ3n) is 5.60. The molecule has 2 aliphatic rings. The van der Waals surface area contributed by atoms with Crippen LogP contribution >= 0.6 is 0 Å². The summed E-state index contributed by atoms with van der Waals surface area (Å²) < 4.78 is 11.6. The van der Waals surface area contributed by atoms with Gasteiger partial charge in [-0.2, -0.15) is 0 Å². The summed E-state index contributed by atoms with van der Waals surface area (Å²) in [6, 6.07) is 15.3. The summed E-state index contributed by atoms with van der Waals surface area (Å²) in [5.41, 5.74) is 2.51. The number of ether oxygens (including phenoxy) is 2. The zero-order valence-electron chi connectivity index (χ0n) is 17.2. The minimum Gasteiger partial charge on any atom is -0.490 e. The quantitative estimate of drug-likeness (QED) is 0.681. The van der Waals surface area contributed by atoms with Crippen LogP contribution < -0.4 is 14.8 Å². The number of nitrogens with one attached hydrogen (secondary N) is 1. The van der Waals surface area contributed by atoms with E-state index in [1.54, 1.807) is 18.5 Å². The fraction of sp³-hybridized carbons (Fsp3) is 0.292. The predicted octanol–water partition coefficient (Wildman–Crippen LogP) is 4.36. The lowest BCUT2D eigenvalue weighted by Crippen LogP contribution is -2.30. The molecule has 0 radical (unpaired) electrons. The van der Waals surface area contributed by atoms with Gasteiger partial charge in [0.1, 0.15) is 0 Å². The zero-order valence-corrected chi connectivity index (χ0v) is 17.2. The first kappa shape index (κ1) is 19.4. The number of likely N-dealkylation sites (tertiary alicyclic amines) is 1. The molecular formula is C24H24N4O3. The van der Waals surface area contributed by atoms with Crippen LogP contribution in [0.5, 0.6) is 11.5 Å². The van der Waals surface area contributed by atoms with Crippen LogP contribution in [0.15, 0.2) is 60.9 Å². The van der Waals surface area contributed by atoms with Gasteiger partial charge in [0.2, 0.25) is 5.95 Å². The van der Waals surface area contributed by atoms with E-state index in [9.17, 15) is 4.79 Å². The van der Waals surface area contributed by atoms with E-state index in [2.05, 4.69) is 21.4 Å². The predicted molar refractivity (Wildman–Crippen MR) is 117 cm³/mol. The Morgan fingerprint density at radius 2 is 1.81 bits per heavy atom. The molecule has 158 valence electrons. The summed E-state index contributed by atoms with van der Waals surface area (Å²) in [5.74, 6) is 2.06. The van der Waals surface area contributed by atoms with E-state index in [1.165, 1.54) is 0 Å². The molecule has 1 aromatic heterocycles. The maximum Gasteiger partial charge on any atom is 0.254 e. The lowest BCUT2D eigenvalue weighted by atomic mass is 10.0. The van der Waals surface area contributed by atoms with Gasteiger partial charge in [0.25, 0.3) is 5.91 Å². The molecule has 31 heavy (non-hydrogen) atoms. The van der Waals surface area contributed by atoms with Crippen LogP contribution in [-0.2, 0) is 0 Å². The molecule has 2 aromatic carbocycles. The van der Waals surface area contributed by atoms with Crippen LogP contribution in [0.25, 0.3) is 0 Å². The van der Waals surface area contributed by atoms with Crippen molar-refractivity contribution in [2.45, 2.75) is 25.3 Å². The molecule has 5 rings (SSSR count). The Kier molecular flexibility index (Phi) is 5.39. The van der Waals surface area contributed by atoms with Crippen LogP contribution in [0.1, 0.15) is 41.2 Å². The van der Waals surface area contributed by atoms with Gasteiger partial charge in [0, 0.05) is 36.6 Å². The molecule has 1 amide bonds.